The van der Waals surface area contributed by atoms with Crippen LogP contribution in [0.5, 0.6) is 5.75 Å². The van der Waals surface area contributed by atoms with Crippen molar-refractivity contribution < 1.29 is 14.0 Å². The number of ether oxygens (including phenoxy) is 1. The van der Waals surface area contributed by atoms with Crippen molar-refractivity contribution in [3.63, 3.8) is 0 Å². The summed E-state index contributed by atoms with van der Waals surface area (Å²) in [5.74, 6) is 0.895. The van der Waals surface area contributed by atoms with Crippen LogP contribution < -0.4 is 10.2 Å². The predicted molar refractivity (Wildman–Crippen MR) is 55.0 cm³/mol. The Morgan fingerprint density at radius 2 is 2.00 bits per heavy atom. The average Bonchev–Trinajstić information content (AvgIpc) is 2.70. The van der Waals surface area contributed by atoms with E-state index in [0.29, 0.717) is 13.2 Å². The Kier molecular flexibility index (Phi) is 2.75. The molecule has 1 aliphatic heterocycles. The van der Waals surface area contributed by atoms with Crippen LogP contribution >= 0.6 is 0 Å². The third-order valence-corrected chi connectivity index (χ3v) is 2.31. The molecular weight excluding hydrogens is 179 g/mol. The van der Waals surface area contributed by atoms with Crippen molar-refractivity contribution in [1.29, 1.82) is 0 Å². The van der Waals surface area contributed by atoms with Gasteiger partial charge in [-0.15, -0.1) is 0 Å². The quantitative estimate of drug-likeness (QED) is 0.647. The minimum absolute atomic E-state index is 0.195. The summed E-state index contributed by atoms with van der Waals surface area (Å²) in [5.41, 5.74) is 2.16. The molecule has 2 rings (SSSR count). The molecule has 14 heavy (non-hydrogen) atoms. The van der Waals surface area contributed by atoms with Crippen molar-refractivity contribution in [2.75, 3.05) is 20.3 Å². The lowest BCUT2D eigenvalue weighted by atomic mass is 9.79. The lowest BCUT2D eigenvalue weighted by Crippen LogP contribution is -2.31. The highest BCUT2D eigenvalue weighted by Crippen LogP contribution is 2.15. The van der Waals surface area contributed by atoms with Gasteiger partial charge in [0.1, 0.15) is 5.75 Å². The summed E-state index contributed by atoms with van der Waals surface area (Å²) in [7, 11) is 1.48. The highest BCUT2D eigenvalue weighted by molar-refractivity contribution is 6.61. The summed E-state index contributed by atoms with van der Waals surface area (Å²) in [6.07, 6.45) is 0. The van der Waals surface area contributed by atoms with Gasteiger partial charge in [0.2, 0.25) is 0 Å². The summed E-state index contributed by atoms with van der Waals surface area (Å²) < 4.78 is 16.0. The Hall–Kier alpha value is -0.995. The lowest BCUT2D eigenvalue weighted by Gasteiger charge is -2.08. The molecule has 0 atom stereocenters. The molecule has 74 valence electrons. The third-order valence-electron chi connectivity index (χ3n) is 2.31. The summed E-state index contributed by atoms with van der Waals surface area (Å²) in [6.45, 7) is 3.36. The molecule has 1 aliphatic rings. The van der Waals surface area contributed by atoms with Crippen LogP contribution in [0.4, 0.5) is 0 Å². The number of aryl methyl sites for hydroxylation is 1. The Morgan fingerprint density at radius 3 is 2.57 bits per heavy atom. The second kappa shape index (κ2) is 4.03. The maximum atomic E-state index is 5.40. The molecule has 0 aromatic heterocycles. The van der Waals surface area contributed by atoms with Crippen LogP contribution in [-0.2, 0) is 9.31 Å². The number of methoxy groups -OCH3 is 1. The fourth-order valence-corrected chi connectivity index (χ4v) is 1.60. The number of rotatable bonds is 2. The van der Waals surface area contributed by atoms with Crippen molar-refractivity contribution in [2.45, 2.75) is 6.92 Å². The van der Waals surface area contributed by atoms with Gasteiger partial charge in [-0.2, -0.15) is 0 Å². The molecule has 1 aromatic rings. The maximum Gasteiger partial charge on any atom is 0.494 e. The molecule has 0 radical (unpaired) electrons. The predicted octanol–water partition coefficient (Wildman–Crippen LogP) is 0.746. The van der Waals surface area contributed by atoms with Gasteiger partial charge in [-0.25, -0.2) is 0 Å². The average molecular weight is 192 g/mol. The highest BCUT2D eigenvalue weighted by atomic mass is 16.6. The fraction of sp³-hybridized carbons (Fsp3) is 0.400. The Bertz CT molecular complexity index is 321. The smallest absolute Gasteiger partial charge is 0.494 e. The first-order chi connectivity index (χ1) is 6.81. The van der Waals surface area contributed by atoms with Crippen molar-refractivity contribution in [2.24, 2.45) is 0 Å². The molecule has 1 heterocycles. The van der Waals surface area contributed by atoms with Gasteiger partial charge in [-0.1, -0.05) is 12.1 Å². The Balaban J connectivity index is 2.23. The molecule has 1 aromatic carbocycles. The van der Waals surface area contributed by atoms with E-state index in [2.05, 4.69) is 0 Å². The van der Waals surface area contributed by atoms with Crippen molar-refractivity contribution in [3.8, 4) is 5.75 Å². The minimum Gasteiger partial charge on any atom is -0.496 e. The van der Waals surface area contributed by atoms with Crippen LogP contribution in [0, 0.1) is 6.92 Å². The van der Waals surface area contributed by atoms with Gasteiger partial charge in [0.25, 0.3) is 0 Å². The molecule has 0 amide bonds. The van der Waals surface area contributed by atoms with E-state index >= 15 is 0 Å². The molecule has 0 saturated carbocycles. The van der Waals surface area contributed by atoms with E-state index in [1.807, 2.05) is 25.1 Å². The number of benzene rings is 1. The highest BCUT2D eigenvalue weighted by Gasteiger charge is 2.26. The molecule has 4 heteroatoms. The summed E-state index contributed by atoms with van der Waals surface area (Å²) >= 11 is 0. The first kappa shape index (κ1) is 9.56. The SMILES string of the molecule is COc1ccc(B2OCCO2)cc1C. The zero-order valence-corrected chi connectivity index (χ0v) is 8.45. The third kappa shape index (κ3) is 1.76. The van der Waals surface area contributed by atoms with Gasteiger partial charge >= 0.3 is 7.12 Å². The zero-order chi connectivity index (χ0) is 9.97. The summed E-state index contributed by atoms with van der Waals surface area (Å²) in [4.78, 5) is 0. The van der Waals surface area contributed by atoms with Gasteiger partial charge in [-0.05, 0) is 24.0 Å². The molecule has 0 bridgehead atoms. The van der Waals surface area contributed by atoms with E-state index in [1.165, 1.54) is 0 Å². The Morgan fingerprint density at radius 1 is 1.29 bits per heavy atom. The minimum atomic E-state index is -0.195. The molecule has 1 fully saturated rings. The molecule has 0 aliphatic carbocycles. The van der Waals surface area contributed by atoms with Crippen molar-refractivity contribution in [3.05, 3.63) is 23.8 Å². The molecule has 1 saturated heterocycles. The van der Waals surface area contributed by atoms with E-state index < -0.39 is 0 Å². The molecule has 0 spiro atoms. The lowest BCUT2D eigenvalue weighted by molar-refractivity contribution is 0.365. The molecule has 0 N–H and O–H groups in total. The first-order valence-electron chi connectivity index (χ1n) is 4.69. The van der Waals surface area contributed by atoms with Crippen LogP contribution in [-0.4, -0.2) is 27.4 Å². The summed E-state index contributed by atoms with van der Waals surface area (Å²) in [5, 5.41) is 0. The number of hydrogen-bond acceptors (Lipinski definition) is 3. The van der Waals surface area contributed by atoms with Crippen LogP contribution in [0.25, 0.3) is 0 Å². The standard InChI is InChI=1S/C10H13BO3/c1-8-7-9(3-4-10(8)12-2)11-13-5-6-14-11/h3-4,7H,5-6H2,1-2H3. The van der Waals surface area contributed by atoms with E-state index in [-0.39, 0.29) is 7.12 Å². The van der Waals surface area contributed by atoms with E-state index in [9.17, 15) is 0 Å². The molecule has 0 unspecified atom stereocenters. The van der Waals surface area contributed by atoms with Crippen molar-refractivity contribution in [1.82, 2.24) is 0 Å². The maximum absolute atomic E-state index is 5.40. The second-order valence-electron chi connectivity index (χ2n) is 3.30. The second-order valence-corrected chi connectivity index (χ2v) is 3.30. The van der Waals surface area contributed by atoms with Crippen molar-refractivity contribution >= 4 is 12.6 Å². The monoisotopic (exact) mass is 192 g/mol. The fourth-order valence-electron chi connectivity index (χ4n) is 1.60. The molecule has 3 nitrogen and oxygen atoms in total. The van der Waals surface area contributed by atoms with Gasteiger partial charge < -0.3 is 14.0 Å². The molecular formula is C10H13BO3. The van der Waals surface area contributed by atoms with E-state index in [0.717, 1.165) is 16.8 Å². The number of hydrogen-bond donors (Lipinski definition) is 0. The van der Waals surface area contributed by atoms with Crippen LogP contribution in [0.1, 0.15) is 5.56 Å². The van der Waals surface area contributed by atoms with E-state index in [1.54, 1.807) is 7.11 Å². The largest absolute Gasteiger partial charge is 0.496 e. The van der Waals surface area contributed by atoms with Gasteiger partial charge in [0, 0.05) is 0 Å². The Labute approximate surface area is 84.1 Å². The topological polar surface area (TPSA) is 27.7 Å². The normalized spacial score (nSPS) is 16.0. The van der Waals surface area contributed by atoms with Crippen LogP contribution in [0.3, 0.4) is 0 Å². The summed E-state index contributed by atoms with van der Waals surface area (Å²) in [6, 6.07) is 5.95. The first-order valence-corrected chi connectivity index (χ1v) is 4.69. The van der Waals surface area contributed by atoms with E-state index in [4.69, 9.17) is 14.0 Å². The zero-order valence-electron chi connectivity index (χ0n) is 8.45. The van der Waals surface area contributed by atoms with Gasteiger partial charge in [0.05, 0.1) is 20.3 Å². The van der Waals surface area contributed by atoms with Gasteiger partial charge in [0.15, 0.2) is 0 Å². The van der Waals surface area contributed by atoms with Crippen LogP contribution in [0.2, 0.25) is 0 Å². The van der Waals surface area contributed by atoms with Crippen LogP contribution in [0.15, 0.2) is 18.2 Å². The van der Waals surface area contributed by atoms with Gasteiger partial charge in [-0.3, -0.25) is 0 Å².